The molecule has 0 aliphatic rings. The van der Waals surface area contributed by atoms with Crippen LogP contribution in [0.15, 0.2) is 48.5 Å². The first-order chi connectivity index (χ1) is 9.28. The Morgan fingerprint density at radius 2 is 1.95 bits per heavy atom. The number of nitriles is 1. The minimum atomic E-state index is -0.0914. The molecular formula is C16H12N2S. The van der Waals surface area contributed by atoms with Crippen LogP contribution in [-0.4, -0.2) is 4.98 Å². The highest BCUT2D eigenvalue weighted by molar-refractivity contribution is 7.21. The van der Waals surface area contributed by atoms with E-state index in [2.05, 4.69) is 29.3 Å². The molecule has 0 radical (unpaired) electrons. The number of hydrogen-bond donors (Lipinski definition) is 0. The largest absolute Gasteiger partial charge is 0.236 e. The van der Waals surface area contributed by atoms with E-state index in [1.54, 1.807) is 11.3 Å². The van der Waals surface area contributed by atoms with Crippen molar-refractivity contribution in [2.45, 2.75) is 12.8 Å². The normalized spacial score (nSPS) is 12.2. The van der Waals surface area contributed by atoms with E-state index >= 15 is 0 Å². The molecule has 1 heterocycles. The molecule has 0 aliphatic heterocycles. The van der Waals surface area contributed by atoms with Crippen molar-refractivity contribution in [2.24, 2.45) is 0 Å². The smallest absolute Gasteiger partial charge is 0.124 e. The Morgan fingerprint density at radius 1 is 1.16 bits per heavy atom. The summed E-state index contributed by atoms with van der Waals surface area (Å²) in [6, 6.07) is 18.5. The predicted octanol–water partition coefficient (Wildman–Crippen LogP) is 4.59. The van der Waals surface area contributed by atoms with Gasteiger partial charge in [0.15, 0.2) is 0 Å². The molecule has 0 saturated carbocycles. The Morgan fingerprint density at radius 3 is 2.68 bits per heavy atom. The van der Waals surface area contributed by atoms with Gasteiger partial charge >= 0.3 is 0 Å². The van der Waals surface area contributed by atoms with Gasteiger partial charge in [-0.15, -0.1) is 11.3 Å². The lowest BCUT2D eigenvalue weighted by molar-refractivity contribution is 0.984. The second-order valence-electron chi connectivity index (χ2n) is 4.46. The summed E-state index contributed by atoms with van der Waals surface area (Å²) in [6.45, 7) is 1.91. The van der Waals surface area contributed by atoms with Gasteiger partial charge in [-0.1, -0.05) is 36.4 Å². The second kappa shape index (κ2) is 4.83. The molecule has 0 fully saturated rings. The molecule has 3 rings (SSSR count). The average Bonchev–Trinajstić information content (AvgIpc) is 2.90. The maximum absolute atomic E-state index is 8.98. The van der Waals surface area contributed by atoms with Gasteiger partial charge < -0.3 is 0 Å². The van der Waals surface area contributed by atoms with Gasteiger partial charge in [-0.2, -0.15) is 5.26 Å². The molecule has 3 aromatic rings. The van der Waals surface area contributed by atoms with E-state index in [4.69, 9.17) is 5.26 Å². The molecule has 0 N–H and O–H groups in total. The van der Waals surface area contributed by atoms with Crippen LogP contribution in [0.25, 0.3) is 20.8 Å². The fraction of sp³-hybridized carbons (Fsp3) is 0.125. The highest BCUT2D eigenvalue weighted by Crippen LogP contribution is 2.31. The summed E-state index contributed by atoms with van der Waals surface area (Å²) in [5.41, 5.74) is 3.14. The Hall–Kier alpha value is -2.18. The van der Waals surface area contributed by atoms with Crippen LogP contribution in [0.2, 0.25) is 0 Å². The zero-order valence-corrected chi connectivity index (χ0v) is 11.3. The molecule has 3 heteroatoms. The molecular weight excluding hydrogens is 252 g/mol. The highest BCUT2D eigenvalue weighted by atomic mass is 32.1. The topological polar surface area (TPSA) is 36.7 Å². The number of aromatic nitrogens is 1. The predicted molar refractivity (Wildman–Crippen MR) is 79.1 cm³/mol. The van der Waals surface area contributed by atoms with Crippen molar-refractivity contribution in [3.8, 4) is 16.6 Å². The van der Waals surface area contributed by atoms with E-state index < -0.39 is 0 Å². The third-order valence-electron chi connectivity index (χ3n) is 3.13. The van der Waals surface area contributed by atoms with Crippen molar-refractivity contribution >= 4 is 21.6 Å². The molecule has 92 valence electrons. The molecule has 1 aromatic heterocycles. The summed E-state index contributed by atoms with van der Waals surface area (Å²) in [7, 11) is 0. The maximum Gasteiger partial charge on any atom is 0.124 e. The van der Waals surface area contributed by atoms with Gasteiger partial charge in [0.05, 0.1) is 22.2 Å². The van der Waals surface area contributed by atoms with Gasteiger partial charge in [-0.25, -0.2) is 4.98 Å². The van der Waals surface area contributed by atoms with Gasteiger partial charge in [0.1, 0.15) is 5.01 Å². The summed E-state index contributed by atoms with van der Waals surface area (Å²) < 4.78 is 1.16. The summed E-state index contributed by atoms with van der Waals surface area (Å²) in [5.74, 6) is -0.0914. The lowest BCUT2D eigenvalue weighted by Crippen LogP contribution is -1.88. The quantitative estimate of drug-likeness (QED) is 0.678. The van der Waals surface area contributed by atoms with Crippen molar-refractivity contribution in [1.82, 2.24) is 4.98 Å². The van der Waals surface area contributed by atoms with E-state index in [0.29, 0.717) is 0 Å². The summed E-state index contributed by atoms with van der Waals surface area (Å²) in [5, 5.41) is 10.0. The summed E-state index contributed by atoms with van der Waals surface area (Å²) >= 11 is 1.68. The fourth-order valence-electron chi connectivity index (χ4n) is 1.99. The van der Waals surface area contributed by atoms with E-state index in [0.717, 1.165) is 26.4 Å². The van der Waals surface area contributed by atoms with Crippen LogP contribution in [0.4, 0.5) is 0 Å². The molecule has 0 aliphatic carbocycles. The minimum Gasteiger partial charge on any atom is -0.236 e. The van der Waals surface area contributed by atoms with Gasteiger partial charge in [-0.05, 0) is 24.6 Å². The number of thiazole rings is 1. The Bertz CT molecular complexity index is 753. The number of rotatable bonds is 2. The van der Waals surface area contributed by atoms with Crippen molar-refractivity contribution in [2.75, 3.05) is 0 Å². The molecule has 0 spiro atoms. The van der Waals surface area contributed by atoms with Crippen molar-refractivity contribution in [3.63, 3.8) is 0 Å². The lowest BCUT2D eigenvalue weighted by Gasteiger charge is -2.00. The lowest BCUT2D eigenvalue weighted by atomic mass is 10.0. The van der Waals surface area contributed by atoms with Crippen LogP contribution >= 0.6 is 11.3 Å². The number of nitrogens with zero attached hydrogens (tertiary/aromatic N) is 2. The highest BCUT2D eigenvalue weighted by Gasteiger charge is 2.09. The molecule has 0 saturated heterocycles. The second-order valence-corrected chi connectivity index (χ2v) is 5.49. The molecule has 1 atom stereocenters. The van der Waals surface area contributed by atoms with Gasteiger partial charge in [-0.3, -0.25) is 0 Å². The van der Waals surface area contributed by atoms with Crippen LogP contribution in [-0.2, 0) is 0 Å². The number of benzene rings is 2. The first kappa shape index (κ1) is 11.9. The monoisotopic (exact) mass is 264 g/mol. The standard InChI is InChI=1S/C16H12N2S/c1-11(10-17)13-7-8-15-14(9-13)18-16(19-15)12-5-3-2-4-6-12/h2-9,11H,1H3/t11-/m1/s1. The van der Waals surface area contributed by atoms with Crippen LogP contribution in [0.3, 0.4) is 0 Å². The van der Waals surface area contributed by atoms with Gasteiger partial charge in [0.2, 0.25) is 0 Å². The third kappa shape index (κ3) is 2.23. The Balaban J connectivity index is 2.09. The molecule has 0 unspecified atom stereocenters. The summed E-state index contributed by atoms with van der Waals surface area (Å²) in [6.07, 6.45) is 0. The Labute approximate surface area is 116 Å². The van der Waals surface area contributed by atoms with Crippen molar-refractivity contribution in [1.29, 1.82) is 5.26 Å². The van der Waals surface area contributed by atoms with Gasteiger partial charge in [0, 0.05) is 5.56 Å². The zero-order valence-electron chi connectivity index (χ0n) is 10.5. The Kier molecular flexibility index (Phi) is 3.02. The third-order valence-corrected chi connectivity index (χ3v) is 4.21. The van der Waals surface area contributed by atoms with Crippen LogP contribution in [0.5, 0.6) is 0 Å². The number of hydrogen-bond acceptors (Lipinski definition) is 3. The van der Waals surface area contributed by atoms with E-state index in [1.807, 2.05) is 37.3 Å². The molecule has 2 nitrogen and oxygen atoms in total. The fourth-order valence-corrected chi connectivity index (χ4v) is 2.94. The average molecular weight is 264 g/mol. The van der Waals surface area contributed by atoms with Crippen molar-refractivity contribution < 1.29 is 0 Å². The maximum atomic E-state index is 8.98. The van der Waals surface area contributed by atoms with E-state index in [9.17, 15) is 0 Å². The first-order valence-electron chi connectivity index (χ1n) is 6.13. The zero-order chi connectivity index (χ0) is 13.2. The number of fused-ring (bicyclic) bond motifs is 1. The first-order valence-corrected chi connectivity index (χ1v) is 6.95. The van der Waals surface area contributed by atoms with Crippen LogP contribution < -0.4 is 0 Å². The summed E-state index contributed by atoms with van der Waals surface area (Å²) in [4.78, 5) is 4.67. The van der Waals surface area contributed by atoms with Gasteiger partial charge in [0.25, 0.3) is 0 Å². The SMILES string of the molecule is C[C@H](C#N)c1ccc2sc(-c3ccccc3)nc2c1. The molecule has 19 heavy (non-hydrogen) atoms. The van der Waals surface area contributed by atoms with Crippen molar-refractivity contribution in [3.05, 3.63) is 54.1 Å². The minimum absolute atomic E-state index is 0.0914. The molecule has 0 amide bonds. The van der Waals surface area contributed by atoms with E-state index in [-0.39, 0.29) is 5.92 Å². The van der Waals surface area contributed by atoms with Crippen LogP contribution in [0, 0.1) is 11.3 Å². The molecule has 0 bridgehead atoms. The van der Waals surface area contributed by atoms with E-state index in [1.165, 1.54) is 0 Å². The van der Waals surface area contributed by atoms with Crippen LogP contribution in [0.1, 0.15) is 18.4 Å². The molecule has 2 aromatic carbocycles.